The lowest BCUT2D eigenvalue weighted by atomic mass is 10.1. The first-order valence-electron chi connectivity index (χ1n) is 11.5. The Hall–Kier alpha value is -3.74. The SMILES string of the molecule is CC[C@H](C)NC(=O)[C@@H](C)N(Cc1ccccc1F)C(=O)CN1C(=O)c2cccc3cccc1c23. The molecular weight excluding hydrogens is 433 g/mol. The van der Waals surface area contributed by atoms with Crippen LogP contribution in [0.1, 0.15) is 43.1 Å². The summed E-state index contributed by atoms with van der Waals surface area (Å²) in [5, 5.41) is 4.62. The Balaban J connectivity index is 1.63. The standard InChI is InChI=1S/C27H28FN3O3/c1-4-17(2)29-26(33)18(3)30(15-20-9-5-6-13-22(20)28)24(32)16-31-23-14-8-11-19-10-7-12-21(25(19)23)27(31)34/h5-14,17-18H,4,15-16H2,1-3H3,(H,29,33)/t17-,18+/m0/s1. The molecule has 0 saturated carbocycles. The molecule has 0 aromatic heterocycles. The quantitative estimate of drug-likeness (QED) is 0.545. The Morgan fingerprint density at radius 2 is 1.74 bits per heavy atom. The van der Waals surface area contributed by atoms with E-state index < -0.39 is 17.8 Å². The van der Waals surface area contributed by atoms with Crippen LogP contribution in [-0.4, -0.2) is 41.2 Å². The average molecular weight is 462 g/mol. The van der Waals surface area contributed by atoms with Gasteiger partial charge in [-0.15, -0.1) is 0 Å². The van der Waals surface area contributed by atoms with Gasteiger partial charge in [-0.2, -0.15) is 0 Å². The highest BCUT2D eigenvalue weighted by molar-refractivity contribution is 6.26. The lowest BCUT2D eigenvalue weighted by Gasteiger charge is -2.31. The highest BCUT2D eigenvalue weighted by Crippen LogP contribution is 2.37. The summed E-state index contributed by atoms with van der Waals surface area (Å²) in [6.07, 6.45) is 0.740. The van der Waals surface area contributed by atoms with E-state index in [9.17, 15) is 18.8 Å². The average Bonchev–Trinajstić information content (AvgIpc) is 3.11. The first-order chi connectivity index (χ1) is 16.3. The van der Waals surface area contributed by atoms with E-state index in [1.807, 2.05) is 44.2 Å². The number of rotatable bonds is 8. The number of nitrogens with one attached hydrogen (secondary N) is 1. The Labute approximate surface area is 198 Å². The largest absolute Gasteiger partial charge is 0.352 e. The molecule has 176 valence electrons. The first kappa shape index (κ1) is 23.4. The Kier molecular flexibility index (Phi) is 6.63. The van der Waals surface area contributed by atoms with E-state index in [1.165, 1.54) is 15.9 Å². The smallest absolute Gasteiger partial charge is 0.259 e. The van der Waals surface area contributed by atoms with Crippen LogP contribution in [-0.2, 0) is 16.1 Å². The maximum absolute atomic E-state index is 14.4. The molecule has 34 heavy (non-hydrogen) atoms. The van der Waals surface area contributed by atoms with Crippen LogP contribution in [0.2, 0.25) is 0 Å². The Morgan fingerprint density at radius 3 is 2.44 bits per heavy atom. The Bertz CT molecular complexity index is 1250. The molecule has 1 aliphatic heterocycles. The van der Waals surface area contributed by atoms with E-state index in [-0.39, 0.29) is 30.9 Å². The monoisotopic (exact) mass is 461 g/mol. The van der Waals surface area contributed by atoms with Gasteiger partial charge < -0.3 is 10.2 Å². The number of benzene rings is 3. The molecule has 3 amide bonds. The zero-order chi connectivity index (χ0) is 24.4. The molecule has 1 aliphatic rings. The number of nitrogens with zero attached hydrogens (tertiary/aromatic N) is 2. The molecule has 0 saturated heterocycles. The molecule has 1 heterocycles. The van der Waals surface area contributed by atoms with Crippen molar-refractivity contribution in [3.05, 3.63) is 77.6 Å². The topological polar surface area (TPSA) is 69.7 Å². The fourth-order valence-electron chi connectivity index (χ4n) is 4.22. The van der Waals surface area contributed by atoms with Crippen LogP contribution >= 0.6 is 0 Å². The number of anilines is 1. The zero-order valence-electron chi connectivity index (χ0n) is 19.5. The minimum atomic E-state index is -0.850. The van der Waals surface area contributed by atoms with E-state index in [0.717, 1.165) is 17.2 Å². The van der Waals surface area contributed by atoms with Gasteiger partial charge in [0.25, 0.3) is 5.91 Å². The minimum Gasteiger partial charge on any atom is -0.352 e. The summed E-state index contributed by atoms with van der Waals surface area (Å²) in [6, 6.07) is 16.3. The molecule has 3 aromatic rings. The fraction of sp³-hybridized carbons (Fsp3) is 0.296. The van der Waals surface area contributed by atoms with Gasteiger partial charge >= 0.3 is 0 Å². The third-order valence-electron chi connectivity index (χ3n) is 6.41. The number of hydrogen-bond donors (Lipinski definition) is 1. The fourth-order valence-corrected chi connectivity index (χ4v) is 4.22. The second kappa shape index (κ2) is 9.63. The van der Waals surface area contributed by atoms with Crippen molar-refractivity contribution in [1.29, 1.82) is 0 Å². The normalized spacial score (nSPS) is 14.2. The van der Waals surface area contributed by atoms with E-state index in [0.29, 0.717) is 16.8 Å². The summed E-state index contributed by atoms with van der Waals surface area (Å²) in [5.74, 6) is -1.47. The van der Waals surface area contributed by atoms with Gasteiger partial charge in [0.15, 0.2) is 0 Å². The molecule has 7 heteroatoms. The van der Waals surface area contributed by atoms with Gasteiger partial charge in [-0.3, -0.25) is 19.3 Å². The number of carbonyl (C=O) groups excluding carboxylic acids is 3. The van der Waals surface area contributed by atoms with Gasteiger partial charge in [0.2, 0.25) is 11.8 Å². The third kappa shape index (κ3) is 4.38. The molecule has 0 fully saturated rings. The van der Waals surface area contributed by atoms with Gasteiger partial charge in [-0.25, -0.2) is 4.39 Å². The van der Waals surface area contributed by atoms with Crippen molar-refractivity contribution in [2.75, 3.05) is 11.4 Å². The summed E-state index contributed by atoms with van der Waals surface area (Å²) in [5.41, 5.74) is 1.51. The van der Waals surface area contributed by atoms with Crippen LogP contribution in [0.4, 0.5) is 10.1 Å². The van der Waals surface area contributed by atoms with E-state index in [4.69, 9.17) is 0 Å². The van der Waals surface area contributed by atoms with Crippen molar-refractivity contribution < 1.29 is 18.8 Å². The number of carbonyl (C=O) groups is 3. The van der Waals surface area contributed by atoms with Crippen molar-refractivity contribution in [3.63, 3.8) is 0 Å². The van der Waals surface area contributed by atoms with Crippen LogP contribution in [0, 0.1) is 5.82 Å². The van der Waals surface area contributed by atoms with Gasteiger partial charge in [0.05, 0.1) is 5.69 Å². The molecule has 0 bridgehead atoms. The third-order valence-corrected chi connectivity index (χ3v) is 6.41. The second-order valence-corrected chi connectivity index (χ2v) is 8.68. The van der Waals surface area contributed by atoms with E-state index in [2.05, 4.69) is 5.32 Å². The molecule has 0 spiro atoms. The maximum Gasteiger partial charge on any atom is 0.259 e. The minimum absolute atomic E-state index is 0.0624. The number of hydrogen-bond acceptors (Lipinski definition) is 3. The summed E-state index contributed by atoms with van der Waals surface area (Å²) < 4.78 is 14.4. The molecule has 2 atom stereocenters. The predicted molar refractivity (Wildman–Crippen MR) is 130 cm³/mol. The van der Waals surface area contributed by atoms with Crippen molar-refractivity contribution in [3.8, 4) is 0 Å². The molecule has 0 aliphatic carbocycles. The summed E-state index contributed by atoms with van der Waals surface area (Å²) in [7, 11) is 0. The van der Waals surface area contributed by atoms with E-state index >= 15 is 0 Å². The van der Waals surface area contributed by atoms with Gasteiger partial charge in [0.1, 0.15) is 18.4 Å². The Morgan fingerprint density at radius 1 is 1.03 bits per heavy atom. The zero-order valence-corrected chi connectivity index (χ0v) is 19.5. The van der Waals surface area contributed by atoms with Crippen LogP contribution in [0.3, 0.4) is 0 Å². The summed E-state index contributed by atoms with van der Waals surface area (Å²) in [6.45, 7) is 5.13. The van der Waals surface area contributed by atoms with Crippen molar-refractivity contribution in [2.24, 2.45) is 0 Å². The summed E-state index contributed by atoms with van der Waals surface area (Å²) >= 11 is 0. The molecule has 0 unspecified atom stereocenters. The van der Waals surface area contributed by atoms with Crippen LogP contribution in [0.25, 0.3) is 10.8 Å². The molecule has 3 aromatic carbocycles. The molecule has 6 nitrogen and oxygen atoms in total. The molecule has 0 radical (unpaired) electrons. The molecule has 1 N–H and O–H groups in total. The van der Waals surface area contributed by atoms with Crippen molar-refractivity contribution in [1.82, 2.24) is 10.2 Å². The van der Waals surface area contributed by atoms with Crippen LogP contribution in [0.5, 0.6) is 0 Å². The lowest BCUT2D eigenvalue weighted by Crippen LogP contribution is -2.52. The predicted octanol–water partition coefficient (Wildman–Crippen LogP) is 4.27. The van der Waals surface area contributed by atoms with E-state index in [1.54, 1.807) is 31.2 Å². The van der Waals surface area contributed by atoms with Crippen LogP contribution < -0.4 is 10.2 Å². The van der Waals surface area contributed by atoms with Gasteiger partial charge in [-0.1, -0.05) is 49.4 Å². The summed E-state index contributed by atoms with van der Waals surface area (Å²) in [4.78, 5) is 42.4. The van der Waals surface area contributed by atoms with Crippen LogP contribution in [0.15, 0.2) is 60.7 Å². The second-order valence-electron chi connectivity index (χ2n) is 8.68. The van der Waals surface area contributed by atoms with Crippen molar-refractivity contribution >= 4 is 34.2 Å². The number of halogens is 1. The molecule has 4 rings (SSSR count). The number of amides is 3. The first-order valence-corrected chi connectivity index (χ1v) is 11.5. The van der Waals surface area contributed by atoms with Crippen molar-refractivity contribution in [2.45, 2.75) is 45.8 Å². The highest BCUT2D eigenvalue weighted by atomic mass is 19.1. The van der Waals surface area contributed by atoms with Gasteiger partial charge in [-0.05, 0) is 43.9 Å². The maximum atomic E-state index is 14.4. The highest BCUT2D eigenvalue weighted by Gasteiger charge is 2.34. The lowest BCUT2D eigenvalue weighted by molar-refractivity contribution is -0.139. The molecular formula is C27H28FN3O3. The van der Waals surface area contributed by atoms with Gasteiger partial charge in [0, 0.05) is 29.1 Å².